The number of benzene rings is 3. The van der Waals surface area contributed by atoms with Gasteiger partial charge in [0.1, 0.15) is 0 Å². The molecule has 0 spiro atoms. The molecule has 0 unspecified atom stereocenters. The molecule has 3 aromatic rings. The van der Waals surface area contributed by atoms with E-state index in [1.165, 1.54) is 0 Å². The van der Waals surface area contributed by atoms with Gasteiger partial charge in [0, 0.05) is 12.0 Å². The highest BCUT2D eigenvalue weighted by Crippen LogP contribution is 2.30. The zero-order valence-electron chi connectivity index (χ0n) is 17.3. The monoisotopic (exact) mass is 415 g/mol. The van der Waals surface area contributed by atoms with Gasteiger partial charge in [-0.1, -0.05) is 43.3 Å². The Bertz CT molecular complexity index is 1230. The predicted molar refractivity (Wildman–Crippen MR) is 118 cm³/mol. The van der Waals surface area contributed by atoms with Gasteiger partial charge in [-0.05, 0) is 53.6 Å². The fraction of sp³-hybridized carbons (Fsp3) is 0.160. The number of rotatable bonds is 6. The minimum Gasteiger partial charge on any atom is -0.490 e. The number of fused-ring (bicyclic) bond motifs is 1. The molecule has 6 heteroatoms. The van der Waals surface area contributed by atoms with E-state index in [1.54, 1.807) is 31.2 Å². The van der Waals surface area contributed by atoms with E-state index in [-0.39, 0.29) is 24.0 Å². The largest absolute Gasteiger partial charge is 0.490 e. The van der Waals surface area contributed by atoms with E-state index in [0.29, 0.717) is 23.7 Å². The smallest absolute Gasteiger partial charge is 0.363 e. The van der Waals surface area contributed by atoms with Gasteiger partial charge in [0.15, 0.2) is 17.2 Å². The summed E-state index contributed by atoms with van der Waals surface area (Å²) in [5.41, 5.74) is 1.59. The molecular formula is C25H21NO5. The molecule has 0 saturated carbocycles. The Labute approximate surface area is 179 Å². The number of esters is 2. The molecule has 156 valence electrons. The van der Waals surface area contributed by atoms with E-state index in [0.717, 1.165) is 16.3 Å². The van der Waals surface area contributed by atoms with Crippen LogP contribution in [-0.4, -0.2) is 24.4 Å². The van der Waals surface area contributed by atoms with Crippen LogP contribution in [0.3, 0.4) is 0 Å². The highest BCUT2D eigenvalue weighted by molar-refractivity contribution is 6.13. The maximum Gasteiger partial charge on any atom is 0.363 e. The molecule has 0 fully saturated rings. The zero-order chi connectivity index (χ0) is 21.8. The zero-order valence-corrected chi connectivity index (χ0v) is 17.3. The summed E-state index contributed by atoms with van der Waals surface area (Å²) in [7, 11) is 0. The van der Waals surface area contributed by atoms with Crippen molar-refractivity contribution in [1.82, 2.24) is 0 Å². The summed E-state index contributed by atoms with van der Waals surface area (Å²) >= 11 is 0. The van der Waals surface area contributed by atoms with Crippen molar-refractivity contribution in [3.8, 4) is 11.5 Å². The molecule has 31 heavy (non-hydrogen) atoms. The quantitative estimate of drug-likeness (QED) is 0.325. The summed E-state index contributed by atoms with van der Waals surface area (Å²) < 4.78 is 16.3. The third kappa shape index (κ3) is 4.48. The average molecular weight is 415 g/mol. The Morgan fingerprint density at radius 3 is 2.58 bits per heavy atom. The molecule has 0 aromatic heterocycles. The van der Waals surface area contributed by atoms with E-state index in [4.69, 9.17) is 14.2 Å². The van der Waals surface area contributed by atoms with Gasteiger partial charge in [-0.2, -0.15) is 0 Å². The van der Waals surface area contributed by atoms with Crippen LogP contribution in [0.5, 0.6) is 11.5 Å². The molecule has 0 N–H and O–H groups in total. The second kappa shape index (κ2) is 8.83. The molecule has 1 aliphatic rings. The molecular weight excluding hydrogens is 394 g/mol. The fourth-order valence-electron chi connectivity index (χ4n) is 3.17. The third-order valence-electron chi connectivity index (χ3n) is 4.70. The second-order valence-corrected chi connectivity index (χ2v) is 6.86. The molecule has 0 saturated heterocycles. The van der Waals surface area contributed by atoms with Gasteiger partial charge < -0.3 is 14.2 Å². The number of hydrogen-bond acceptors (Lipinski definition) is 6. The van der Waals surface area contributed by atoms with Crippen LogP contribution in [0, 0.1) is 0 Å². The summed E-state index contributed by atoms with van der Waals surface area (Å²) in [6.45, 7) is 3.96. The summed E-state index contributed by atoms with van der Waals surface area (Å²) in [5, 5.41) is 2.13. The van der Waals surface area contributed by atoms with Crippen molar-refractivity contribution in [3.05, 3.63) is 77.5 Å². The van der Waals surface area contributed by atoms with Crippen molar-refractivity contribution in [2.75, 3.05) is 6.61 Å². The van der Waals surface area contributed by atoms with E-state index in [2.05, 4.69) is 4.99 Å². The van der Waals surface area contributed by atoms with E-state index in [9.17, 15) is 9.59 Å². The Hall–Kier alpha value is -3.93. The third-order valence-corrected chi connectivity index (χ3v) is 4.70. The highest BCUT2D eigenvalue weighted by Gasteiger charge is 2.24. The van der Waals surface area contributed by atoms with Crippen molar-refractivity contribution in [2.45, 2.75) is 20.3 Å². The van der Waals surface area contributed by atoms with Crippen LogP contribution < -0.4 is 9.47 Å². The van der Waals surface area contributed by atoms with Gasteiger partial charge in [-0.15, -0.1) is 0 Å². The number of hydrogen-bond donors (Lipinski definition) is 0. The van der Waals surface area contributed by atoms with Crippen LogP contribution in [0.1, 0.15) is 31.4 Å². The van der Waals surface area contributed by atoms with Crippen LogP contribution in [0.25, 0.3) is 16.8 Å². The SMILES string of the molecule is CCOc1cc(/C=C2/N=C(c3ccc4ccccc4c3)OC2=O)ccc1OC(=O)CC. The molecule has 0 bridgehead atoms. The average Bonchev–Trinajstić information content (AvgIpc) is 3.15. The van der Waals surface area contributed by atoms with Crippen LogP contribution >= 0.6 is 0 Å². The van der Waals surface area contributed by atoms with E-state index < -0.39 is 5.97 Å². The minimum absolute atomic E-state index is 0.184. The first kappa shape index (κ1) is 20.3. The molecule has 3 aromatic carbocycles. The molecule has 0 atom stereocenters. The van der Waals surface area contributed by atoms with Crippen LogP contribution in [0.4, 0.5) is 0 Å². The molecule has 0 aliphatic carbocycles. The lowest BCUT2D eigenvalue weighted by atomic mass is 10.1. The molecule has 1 aliphatic heterocycles. The van der Waals surface area contributed by atoms with Crippen LogP contribution in [-0.2, 0) is 14.3 Å². The lowest BCUT2D eigenvalue weighted by Crippen LogP contribution is -2.07. The molecule has 0 radical (unpaired) electrons. The number of cyclic esters (lactones) is 1. The van der Waals surface area contributed by atoms with Crippen LogP contribution in [0.2, 0.25) is 0 Å². The van der Waals surface area contributed by atoms with Crippen molar-refractivity contribution in [1.29, 1.82) is 0 Å². The predicted octanol–water partition coefficient (Wildman–Crippen LogP) is 4.90. The van der Waals surface area contributed by atoms with Gasteiger partial charge in [-0.3, -0.25) is 4.79 Å². The van der Waals surface area contributed by atoms with Crippen molar-refractivity contribution < 1.29 is 23.8 Å². The second-order valence-electron chi connectivity index (χ2n) is 6.86. The fourth-order valence-corrected chi connectivity index (χ4v) is 3.17. The topological polar surface area (TPSA) is 74.2 Å². The van der Waals surface area contributed by atoms with Gasteiger partial charge >= 0.3 is 11.9 Å². The number of nitrogens with zero attached hydrogens (tertiary/aromatic N) is 1. The highest BCUT2D eigenvalue weighted by atomic mass is 16.6. The van der Waals surface area contributed by atoms with E-state index >= 15 is 0 Å². The Morgan fingerprint density at radius 1 is 1.00 bits per heavy atom. The number of ether oxygens (including phenoxy) is 3. The summed E-state index contributed by atoms with van der Waals surface area (Å²) in [6, 6.07) is 18.8. The number of aliphatic imine (C=N–C) groups is 1. The Kier molecular flexibility index (Phi) is 5.80. The van der Waals surface area contributed by atoms with Gasteiger partial charge in [0.25, 0.3) is 0 Å². The number of carbonyl (C=O) groups is 2. The first-order valence-electron chi connectivity index (χ1n) is 10.1. The summed E-state index contributed by atoms with van der Waals surface area (Å²) in [6.07, 6.45) is 1.87. The van der Waals surface area contributed by atoms with Crippen molar-refractivity contribution >= 4 is 34.7 Å². The molecule has 0 amide bonds. The first-order chi connectivity index (χ1) is 15.1. The maximum absolute atomic E-state index is 12.4. The summed E-state index contributed by atoms with van der Waals surface area (Å²) in [5.74, 6) is 0.146. The normalized spacial score (nSPS) is 14.5. The Morgan fingerprint density at radius 2 is 1.81 bits per heavy atom. The van der Waals surface area contributed by atoms with Gasteiger partial charge in [-0.25, -0.2) is 9.79 Å². The van der Waals surface area contributed by atoms with Gasteiger partial charge in [0.2, 0.25) is 5.90 Å². The Balaban J connectivity index is 1.64. The van der Waals surface area contributed by atoms with Crippen molar-refractivity contribution in [2.24, 2.45) is 4.99 Å². The molecule has 1 heterocycles. The molecule has 6 nitrogen and oxygen atoms in total. The maximum atomic E-state index is 12.4. The van der Waals surface area contributed by atoms with Crippen LogP contribution in [0.15, 0.2) is 71.4 Å². The number of carbonyl (C=O) groups excluding carboxylic acids is 2. The molecule has 4 rings (SSSR count). The van der Waals surface area contributed by atoms with Crippen molar-refractivity contribution in [3.63, 3.8) is 0 Å². The standard InChI is InChI=1S/C25H21NO5/c1-3-23(27)30-21-12-9-16(14-22(21)29-4-2)13-20-25(28)31-24(26-20)19-11-10-17-7-5-6-8-18(17)15-19/h5-15H,3-4H2,1-2H3/b20-13+. The van der Waals surface area contributed by atoms with E-state index in [1.807, 2.05) is 49.4 Å². The van der Waals surface area contributed by atoms with Gasteiger partial charge in [0.05, 0.1) is 6.61 Å². The minimum atomic E-state index is -0.525. The lowest BCUT2D eigenvalue weighted by Gasteiger charge is -2.10. The summed E-state index contributed by atoms with van der Waals surface area (Å²) in [4.78, 5) is 28.4. The first-order valence-corrected chi connectivity index (χ1v) is 10.1. The lowest BCUT2D eigenvalue weighted by molar-refractivity contribution is -0.134.